The molecule has 1 aliphatic heterocycles. The Kier molecular flexibility index (Phi) is 3.63. The van der Waals surface area contributed by atoms with E-state index in [1.165, 1.54) is 19.2 Å². The third kappa shape index (κ3) is 3.00. The number of hydrogen-bond acceptors (Lipinski definition) is 5. The summed E-state index contributed by atoms with van der Waals surface area (Å²) in [5, 5.41) is 7.39. The molecule has 0 radical (unpaired) electrons. The zero-order chi connectivity index (χ0) is 15.8. The molecule has 1 aliphatic carbocycles. The highest BCUT2D eigenvalue weighted by atomic mass is 16.1. The van der Waals surface area contributed by atoms with Gasteiger partial charge >= 0.3 is 0 Å². The maximum atomic E-state index is 12.4. The lowest BCUT2D eigenvalue weighted by Crippen LogP contribution is -2.44. The van der Waals surface area contributed by atoms with E-state index in [0.717, 1.165) is 49.9 Å². The van der Waals surface area contributed by atoms with Crippen LogP contribution >= 0.6 is 0 Å². The minimum absolute atomic E-state index is 0.0505. The standard InChI is InChI=1S/C16H22N6O/c1-11-7-14(22-16(20-11)18-10-19-22)21-6-2-3-13(9-21)15(23)17-8-12-4-5-12/h7,10,12-13H,2-6,8-9H2,1H3,(H,17,23)/t13-/m1/s1. The van der Waals surface area contributed by atoms with Gasteiger partial charge in [0.05, 0.1) is 5.92 Å². The third-order valence-electron chi connectivity index (χ3n) is 4.74. The number of rotatable bonds is 4. The van der Waals surface area contributed by atoms with Crippen molar-refractivity contribution in [3.8, 4) is 0 Å². The molecule has 1 saturated heterocycles. The van der Waals surface area contributed by atoms with Crippen LogP contribution in [0.2, 0.25) is 0 Å². The summed E-state index contributed by atoms with van der Waals surface area (Å²) < 4.78 is 1.76. The number of fused-ring (bicyclic) bond motifs is 1. The molecule has 2 aromatic heterocycles. The van der Waals surface area contributed by atoms with Crippen LogP contribution < -0.4 is 10.2 Å². The topological polar surface area (TPSA) is 75.4 Å². The van der Waals surface area contributed by atoms with Crippen LogP contribution in [0.25, 0.3) is 5.78 Å². The number of aromatic nitrogens is 4. The van der Waals surface area contributed by atoms with Crippen LogP contribution in [0.3, 0.4) is 0 Å². The lowest BCUT2D eigenvalue weighted by Gasteiger charge is -2.33. The Hall–Kier alpha value is -2.18. The van der Waals surface area contributed by atoms with Crippen molar-refractivity contribution in [1.82, 2.24) is 24.9 Å². The highest BCUT2D eigenvalue weighted by Gasteiger charge is 2.29. The number of aryl methyl sites for hydroxylation is 1. The number of hydrogen-bond donors (Lipinski definition) is 1. The highest BCUT2D eigenvalue weighted by molar-refractivity contribution is 5.79. The Bertz CT molecular complexity index is 722. The first kappa shape index (κ1) is 14.4. The summed E-state index contributed by atoms with van der Waals surface area (Å²) in [5.74, 6) is 2.55. The molecule has 7 heteroatoms. The summed E-state index contributed by atoms with van der Waals surface area (Å²) >= 11 is 0. The van der Waals surface area contributed by atoms with Gasteiger partial charge in [-0.15, -0.1) is 0 Å². The normalized spacial score (nSPS) is 21.6. The average Bonchev–Trinajstić information content (AvgIpc) is 3.28. The Morgan fingerprint density at radius 1 is 1.39 bits per heavy atom. The molecule has 1 N–H and O–H groups in total. The zero-order valence-electron chi connectivity index (χ0n) is 13.4. The molecule has 122 valence electrons. The van der Waals surface area contributed by atoms with E-state index in [2.05, 4.69) is 25.3 Å². The fourth-order valence-corrected chi connectivity index (χ4v) is 3.25. The largest absolute Gasteiger partial charge is 0.356 e. The fraction of sp³-hybridized carbons (Fsp3) is 0.625. The maximum absolute atomic E-state index is 12.4. The third-order valence-corrected chi connectivity index (χ3v) is 4.74. The van der Waals surface area contributed by atoms with Crippen LogP contribution in [-0.2, 0) is 4.79 Å². The number of carbonyl (C=O) groups excluding carboxylic acids is 1. The summed E-state index contributed by atoms with van der Waals surface area (Å²) in [4.78, 5) is 23.2. The van der Waals surface area contributed by atoms with E-state index in [0.29, 0.717) is 5.78 Å². The number of amides is 1. The van der Waals surface area contributed by atoms with Crippen molar-refractivity contribution in [3.05, 3.63) is 18.1 Å². The van der Waals surface area contributed by atoms with Gasteiger partial charge in [0, 0.05) is 31.4 Å². The van der Waals surface area contributed by atoms with Crippen LogP contribution in [0.1, 0.15) is 31.4 Å². The Labute approximate surface area is 135 Å². The van der Waals surface area contributed by atoms with Crippen LogP contribution in [0.4, 0.5) is 5.82 Å². The molecule has 1 saturated carbocycles. The van der Waals surface area contributed by atoms with E-state index in [1.807, 2.05) is 13.0 Å². The van der Waals surface area contributed by atoms with Gasteiger partial charge in [0.15, 0.2) is 0 Å². The Morgan fingerprint density at radius 3 is 3.09 bits per heavy atom. The minimum Gasteiger partial charge on any atom is -0.356 e. The molecule has 3 heterocycles. The van der Waals surface area contributed by atoms with Gasteiger partial charge in [-0.2, -0.15) is 14.6 Å². The molecule has 1 atom stereocenters. The number of nitrogens with one attached hydrogen (secondary N) is 1. The van der Waals surface area contributed by atoms with Gasteiger partial charge in [-0.1, -0.05) is 0 Å². The van der Waals surface area contributed by atoms with Gasteiger partial charge < -0.3 is 10.2 Å². The molecule has 0 bridgehead atoms. The predicted molar refractivity (Wildman–Crippen MR) is 86.2 cm³/mol. The van der Waals surface area contributed by atoms with Gasteiger partial charge in [0.25, 0.3) is 5.78 Å². The van der Waals surface area contributed by atoms with Gasteiger partial charge in [0.1, 0.15) is 12.1 Å². The Morgan fingerprint density at radius 2 is 2.26 bits per heavy atom. The summed E-state index contributed by atoms with van der Waals surface area (Å²) in [6.45, 7) is 4.47. The van der Waals surface area contributed by atoms with Crippen LogP contribution in [0.15, 0.2) is 12.4 Å². The van der Waals surface area contributed by atoms with Gasteiger partial charge in [-0.25, -0.2) is 4.98 Å². The van der Waals surface area contributed by atoms with Gasteiger partial charge in [0.2, 0.25) is 5.91 Å². The van der Waals surface area contributed by atoms with Crippen molar-refractivity contribution in [3.63, 3.8) is 0 Å². The number of carbonyl (C=O) groups is 1. The first-order valence-corrected chi connectivity index (χ1v) is 8.41. The lowest BCUT2D eigenvalue weighted by molar-refractivity contribution is -0.125. The second-order valence-electron chi connectivity index (χ2n) is 6.70. The van der Waals surface area contributed by atoms with Crippen molar-refractivity contribution in [2.75, 3.05) is 24.5 Å². The van der Waals surface area contributed by atoms with Crippen molar-refractivity contribution in [2.24, 2.45) is 11.8 Å². The molecule has 4 rings (SSSR count). The summed E-state index contributed by atoms with van der Waals surface area (Å²) in [7, 11) is 0. The molecule has 0 spiro atoms. The monoisotopic (exact) mass is 314 g/mol. The lowest BCUT2D eigenvalue weighted by atomic mass is 9.97. The first-order chi connectivity index (χ1) is 11.2. The van der Waals surface area contributed by atoms with E-state index < -0.39 is 0 Å². The molecule has 2 aliphatic rings. The van der Waals surface area contributed by atoms with Crippen LogP contribution in [-0.4, -0.2) is 45.1 Å². The Balaban J connectivity index is 1.51. The van der Waals surface area contributed by atoms with E-state index in [9.17, 15) is 4.79 Å². The van der Waals surface area contributed by atoms with Gasteiger partial charge in [-0.3, -0.25) is 4.79 Å². The molecule has 0 unspecified atom stereocenters. The molecule has 7 nitrogen and oxygen atoms in total. The summed E-state index contributed by atoms with van der Waals surface area (Å²) in [6, 6.07) is 2.02. The van der Waals surface area contributed by atoms with E-state index in [1.54, 1.807) is 4.52 Å². The second-order valence-corrected chi connectivity index (χ2v) is 6.70. The van der Waals surface area contributed by atoms with Crippen molar-refractivity contribution >= 4 is 17.5 Å². The van der Waals surface area contributed by atoms with E-state index >= 15 is 0 Å². The minimum atomic E-state index is 0.0505. The van der Waals surface area contributed by atoms with Crippen LogP contribution in [0.5, 0.6) is 0 Å². The SMILES string of the molecule is Cc1cc(N2CCC[C@@H](C(=O)NCC3CC3)C2)n2ncnc2n1. The molecular weight excluding hydrogens is 292 g/mol. The molecule has 0 aromatic carbocycles. The molecule has 2 fully saturated rings. The quantitative estimate of drug-likeness (QED) is 0.917. The first-order valence-electron chi connectivity index (χ1n) is 8.41. The van der Waals surface area contributed by atoms with E-state index in [4.69, 9.17) is 0 Å². The molecule has 23 heavy (non-hydrogen) atoms. The number of piperidine rings is 1. The van der Waals surface area contributed by atoms with Crippen molar-refractivity contribution in [1.29, 1.82) is 0 Å². The summed E-state index contributed by atoms with van der Waals surface area (Å²) in [5.41, 5.74) is 0.917. The average molecular weight is 314 g/mol. The fourth-order valence-electron chi connectivity index (χ4n) is 3.25. The molecule has 2 aromatic rings. The molecule has 1 amide bonds. The number of anilines is 1. The predicted octanol–water partition coefficient (Wildman–Crippen LogP) is 1.18. The zero-order valence-corrected chi connectivity index (χ0v) is 13.4. The maximum Gasteiger partial charge on any atom is 0.254 e. The molecular formula is C16H22N6O. The van der Waals surface area contributed by atoms with Crippen molar-refractivity contribution in [2.45, 2.75) is 32.6 Å². The smallest absolute Gasteiger partial charge is 0.254 e. The van der Waals surface area contributed by atoms with Crippen molar-refractivity contribution < 1.29 is 4.79 Å². The van der Waals surface area contributed by atoms with E-state index in [-0.39, 0.29) is 11.8 Å². The van der Waals surface area contributed by atoms with Crippen LogP contribution in [0, 0.1) is 18.8 Å². The number of nitrogens with zero attached hydrogens (tertiary/aromatic N) is 5. The summed E-state index contributed by atoms with van der Waals surface area (Å²) in [6.07, 6.45) is 6.01. The second kappa shape index (κ2) is 5.79. The highest BCUT2D eigenvalue weighted by Crippen LogP contribution is 2.28. The van der Waals surface area contributed by atoms with Gasteiger partial charge in [-0.05, 0) is 38.5 Å².